The zero-order valence-corrected chi connectivity index (χ0v) is 14.4. The number of anilines is 1. The zero-order chi connectivity index (χ0) is 18.8. The van der Waals surface area contributed by atoms with E-state index in [0.29, 0.717) is 5.82 Å². The van der Waals surface area contributed by atoms with Crippen LogP contribution in [0.1, 0.15) is 35.1 Å². The van der Waals surface area contributed by atoms with Crippen LogP contribution < -0.4 is 5.32 Å². The van der Waals surface area contributed by atoms with Crippen molar-refractivity contribution in [3.63, 3.8) is 0 Å². The van der Waals surface area contributed by atoms with Gasteiger partial charge in [-0.05, 0) is 36.8 Å². The van der Waals surface area contributed by atoms with Gasteiger partial charge in [0.2, 0.25) is 5.82 Å². The number of nitrogens with zero attached hydrogens (tertiary/aromatic N) is 5. The van der Waals surface area contributed by atoms with E-state index < -0.39 is 12.2 Å². The first-order valence-electron chi connectivity index (χ1n) is 8.36. The third kappa shape index (κ3) is 3.46. The van der Waals surface area contributed by atoms with Gasteiger partial charge in [-0.15, -0.1) is 15.3 Å². The molecule has 4 aromatic rings. The Hall–Kier alpha value is -3.42. The Morgan fingerprint density at radius 2 is 1.89 bits per heavy atom. The van der Waals surface area contributed by atoms with Crippen LogP contribution in [0, 0.1) is 6.92 Å². The lowest BCUT2D eigenvalue weighted by atomic mass is 10.0. The van der Waals surface area contributed by atoms with E-state index in [0.717, 1.165) is 21.3 Å². The molecule has 4 rings (SSSR count). The molecule has 0 aliphatic rings. The minimum Gasteiger partial charge on any atom is -0.356 e. The Bertz CT molecular complexity index is 1060. The average molecular weight is 366 g/mol. The molecule has 0 spiro atoms. The van der Waals surface area contributed by atoms with Crippen LogP contribution >= 0.6 is 0 Å². The lowest BCUT2D eigenvalue weighted by molar-refractivity contribution is 0.137. The Balaban J connectivity index is 1.75. The highest BCUT2D eigenvalue weighted by atomic mass is 19.3. The van der Waals surface area contributed by atoms with Gasteiger partial charge in [-0.1, -0.05) is 35.9 Å². The SMILES string of the molecule is Cc1cccc(C(Nc2ccc3nnc(C(F)F)n3n2)c2ccccn2)c1. The predicted octanol–water partition coefficient (Wildman–Crippen LogP) is 3.97. The summed E-state index contributed by atoms with van der Waals surface area (Å²) < 4.78 is 27.3. The number of alkyl halides is 2. The lowest BCUT2D eigenvalue weighted by Gasteiger charge is -2.20. The van der Waals surface area contributed by atoms with E-state index in [2.05, 4.69) is 25.6 Å². The summed E-state index contributed by atoms with van der Waals surface area (Å²) in [5.41, 5.74) is 3.16. The molecule has 0 saturated carbocycles. The summed E-state index contributed by atoms with van der Waals surface area (Å²) in [6.45, 7) is 2.01. The van der Waals surface area contributed by atoms with Gasteiger partial charge >= 0.3 is 0 Å². The van der Waals surface area contributed by atoms with Crippen LogP contribution in [0.2, 0.25) is 0 Å². The van der Waals surface area contributed by atoms with Gasteiger partial charge in [-0.3, -0.25) is 4.98 Å². The van der Waals surface area contributed by atoms with E-state index >= 15 is 0 Å². The monoisotopic (exact) mass is 366 g/mol. The number of benzene rings is 1. The van der Waals surface area contributed by atoms with E-state index in [9.17, 15) is 8.78 Å². The molecule has 1 unspecified atom stereocenters. The van der Waals surface area contributed by atoms with Crippen molar-refractivity contribution in [3.05, 3.63) is 83.4 Å². The van der Waals surface area contributed by atoms with Gasteiger partial charge in [0.05, 0.1) is 11.7 Å². The van der Waals surface area contributed by atoms with Crippen LogP contribution in [-0.4, -0.2) is 24.8 Å². The molecule has 0 amide bonds. The van der Waals surface area contributed by atoms with Gasteiger partial charge in [-0.2, -0.15) is 4.52 Å². The second kappa shape index (κ2) is 7.06. The second-order valence-corrected chi connectivity index (χ2v) is 6.09. The van der Waals surface area contributed by atoms with Crippen LogP contribution in [-0.2, 0) is 0 Å². The first-order valence-corrected chi connectivity index (χ1v) is 8.36. The highest BCUT2D eigenvalue weighted by Crippen LogP contribution is 2.26. The maximum atomic E-state index is 13.1. The number of aromatic nitrogens is 5. The van der Waals surface area contributed by atoms with Gasteiger partial charge in [0.15, 0.2) is 5.65 Å². The summed E-state index contributed by atoms with van der Waals surface area (Å²) in [7, 11) is 0. The average Bonchev–Trinajstić information content (AvgIpc) is 3.10. The van der Waals surface area contributed by atoms with Crippen molar-refractivity contribution >= 4 is 11.5 Å². The molecule has 3 heterocycles. The van der Waals surface area contributed by atoms with Crippen molar-refractivity contribution in [2.75, 3.05) is 5.32 Å². The van der Waals surface area contributed by atoms with Gasteiger partial charge < -0.3 is 5.32 Å². The maximum absolute atomic E-state index is 13.1. The Morgan fingerprint density at radius 3 is 2.63 bits per heavy atom. The quantitative estimate of drug-likeness (QED) is 0.579. The van der Waals surface area contributed by atoms with Crippen molar-refractivity contribution in [1.82, 2.24) is 24.8 Å². The van der Waals surface area contributed by atoms with Crippen LogP contribution in [0.4, 0.5) is 14.6 Å². The van der Waals surface area contributed by atoms with E-state index in [-0.39, 0.29) is 11.7 Å². The highest BCUT2D eigenvalue weighted by molar-refractivity contribution is 5.47. The number of fused-ring (bicyclic) bond motifs is 1. The Kier molecular flexibility index (Phi) is 4.45. The van der Waals surface area contributed by atoms with Gasteiger partial charge in [0, 0.05) is 6.20 Å². The first-order chi connectivity index (χ1) is 13.1. The number of rotatable bonds is 5. The molecule has 3 aromatic heterocycles. The molecule has 0 radical (unpaired) electrons. The summed E-state index contributed by atoms with van der Waals surface area (Å²) in [5.74, 6) is -0.0695. The molecule has 0 bridgehead atoms. The number of hydrogen-bond donors (Lipinski definition) is 1. The van der Waals surface area contributed by atoms with Crippen LogP contribution in [0.25, 0.3) is 5.65 Å². The lowest BCUT2D eigenvalue weighted by Crippen LogP contribution is -2.16. The van der Waals surface area contributed by atoms with E-state index in [1.165, 1.54) is 0 Å². The molecular formula is C19H16F2N6. The summed E-state index contributed by atoms with van der Waals surface area (Å²) in [6.07, 6.45) is -1.04. The summed E-state index contributed by atoms with van der Waals surface area (Å²) >= 11 is 0. The number of aryl methyl sites for hydroxylation is 1. The molecule has 27 heavy (non-hydrogen) atoms. The van der Waals surface area contributed by atoms with Gasteiger partial charge in [-0.25, -0.2) is 8.78 Å². The molecule has 1 N–H and O–H groups in total. The van der Waals surface area contributed by atoms with E-state index in [1.54, 1.807) is 18.3 Å². The highest BCUT2D eigenvalue weighted by Gasteiger charge is 2.19. The van der Waals surface area contributed by atoms with Crippen LogP contribution in [0.3, 0.4) is 0 Å². The van der Waals surface area contributed by atoms with Crippen molar-refractivity contribution in [3.8, 4) is 0 Å². The Morgan fingerprint density at radius 1 is 1.00 bits per heavy atom. The molecule has 0 fully saturated rings. The largest absolute Gasteiger partial charge is 0.356 e. The molecular weight excluding hydrogens is 350 g/mol. The summed E-state index contributed by atoms with van der Waals surface area (Å²) in [6, 6.07) is 16.7. The fourth-order valence-electron chi connectivity index (χ4n) is 2.89. The van der Waals surface area contributed by atoms with Gasteiger partial charge in [0.1, 0.15) is 5.82 Å². The summed E-state index contributed by atoms with van der Waals surface area (Å²) in [5, 5.41) is 14.8. The molecule has 1 atom stereocenters. The number of halogens is 2. The van der Waals surface area contributed by atoms with E-state index in [1.807, 2.05) is 49.4 Å². The zero-order valence-electron chi connectivity index (χ0n) is 14.4. The Labute approximate surface area is 153 Å². The molecule has 0 saturated heterocycles. The van der Waals surface area contributed by atoms with Crippen LogP contribution in [0.5, 0.6) is 0 Å². The fourth-order valence-corrected chi connectivity index (χ4v) is 2.89. The normalized spacial score (nSPS) is 12.4. The first kappa shape index (κ1) is 17.0. The third-order valence-corrected chi connectivity index (χ3v) is 4.13. The number of pyridine rings is 1. The molecule has 1 aromatic carbocycles. The molecule has 8 heteroatoms. The fraction of sp³-hybridized carbons (Fsp3) is 0.158. The second-order valence-electron chi connectivity index (χ2n) is 6.09. The molecule has 136 valence electrons. The molecule has 0 aliphatic carbocycles. The van der Waals surface area contributed by atoms with Crippen molar-refractivity contribution in [2.24, 2.45) is 0 Å². The topological polar surface area (TPSA) is 68.0 Å². The maximum Gasteiger partial charge on any atom is 0.299 e. The van der Waals surface area contributed by atoms with E-state index in [4.69, 9.17) is 0 Å². The smallest absolute Gasteiger partial charge is 0.299 e. The van der Waals surface area contributed by atoms with Crippen molar-refractivity contribution in [1.29, 1.82) is 0 Å². The molecule has 6 nitrogen and oxygen atoms in total. The number of nitrogens with one attached hydrogen (secondary N) is 1. The number of hydrogen-bond acceptors (Lipinski definition) is 5. The van der Waals surface area contributed by atoms with Gasteiger partial charge in [0.25, 0.3) is 6.43 Å². The minimum absolute atomic E-state index is 0.265. The van der Waals surface area contributed by atoms with Crippen molar-refractivity contribution in [2.45, 2.75) is 19.4 Å². The van der Waals surface area contributed by atoms with Crippen molar-refractivity contribution < 1.29 is 8.78 Å². The third-order valence-electron chi connectivity index (χ3n) is 4.13. The molecule has 0 aliphatic heterocycles. The minimum atomic E-state index is -2.76. The standard InChI is InChI=1S/C19H16F2N6/c1-12-5-4-6-13(11-12)17(14-7-2-3-10-22-14)23-15-8-9-16-24-25-19(18(20)21)27(16)26-15/h2-11,17-18H,1H3,(H,23,26). The summed E-state index contributed by atoms with van der Waals surface area (Å²) in [4.78, 5) is 4.44. The van der Waals surface area contributed by atoms with Crippen LogP contribution in [0.15, 0.2) is 60.8 Å². The predicted molar refractivity (Wildman–Crippen MR) is 96.6 cm³/mol.